The van der Waals surface area contributed by atoms with Crippen molar-refractivity contribution in [1.29, 1.82) is 0 Å². The molecule has 0 radical (unpaired) electrons. The molecule has 1 N–H and O–H groups in total. The van der Waals surface area contributed by atoms with Crippen LogP contribution in [0.1, 0.15) is 12.5 Å². The molecule has 17 heavy (non-hydrogen) atoms. The van der Waals surface area contributed by atoms with Gasteiger partial charge in [-0.05, 0) is 26.0 Å². The molecule has 1 saturated heterocycles. The first-order chi connectivity index (χ1) is 7.96. The van der Waals surface area contributed by atoms with Crippen molar-refractivity contribution in [2.75, 3.05) is 19.7 Å². The molecule has 0 bridgehead atoms. The van der Waals surface area contributed by atoms with Gasteiger partial charge in [0.05, 0.1) is 18.7 Å². The van der Waals surface area contributed by atoms with Gasteiger partial charge in [0.15, 0.2) is 6.61 Å². The molecular weight excluding hydrogens is 218 g/mol. The van der Waals surface area contributed by atoms with E-state index in [-0.39, 0.29) is 12.5 Å². The van der Waals surface area contributed by atoms with Crippen molar-refractivity contribution in [1.82, 2.24) is 4.90 Å². The molecule has 4 heteroatoms. The van der Waals surface area contributed by atoms with Crippen LogP contribution in [-0.2, 0) is 4.79 Å². The molecule has 1 aliphatic rings. The van der Waals surface area contributed by atoms with E-state index in [1.54, 1.807) is 11.8 Å². The summed E-state index contributed by atoms with van der Waals surface area (Å²) in [4.78, 5) is 13.2. The second-order valence-electron chi connectivity index (χ2n) is 4.85. The molecule has 1 aliphatic heterocycles. The summed E-state index contributed by atoms with van der Waals surface area (Å²) in [5.41, 5.74) is 0.432. The maximum atomic E-state index is 11.6. The molecule has 1 aromatic carbocycles. The maximum Gasteiger partial charge on any atom is 0.260 e. The predicted octanol–water partition coefficient (Wildman–Crippen LogP) is 0.967. The van der Waals surface area contributed by atoms with E-state index in [1.165, 1.54) is 0 Å². The number of carbonyl (C=O) groups excluding carboxylic acids is 1. The van der Waals surface area contributed by atoms with Gasteiger partial charge in [0.2, 0.25) is 0 Å². The summed E-state index contributed by atoms with van der Waals surface area (Å²) < 4.78 is 5.37. The first-order valence-corrected chi connectivity index (χ1v) is 5.66. The topological polar surface area (TPSA) is 49.8 Å². The highest BCUT2D eigenvalue weighted by atomic mass is 16.5. The molecular formula is C13H17NO3. The summed E-state index contributed by atoms with van der Waals surface area (Å²) in [6, 6.07) is 7.56. The van der Waals surface area contributed by atoms with Crippen LogP contribution in [0.5, 0.6) is 5.75 Å². The molecule has 0 atom stereocenters. The highest BCUT2D eigenvalue weighted by Crippen LogP contribution is 2.20. The van der Waals surface area contributed by atoms with Crippen molar-refractivity contribution in [3.05, 3.63) is 29.8 Å². The third kappa shape index (κ3) is 2.97. The third-order valence-electron chi connectivity index (χ3n) is 2.80. The molecule has 0 aromatic heterocycles. The Kier molecular flexibility index (Phi) is 3.07. The van der Waals surface area contributed by atoms with Crippen molar-refractivity contribution >= 4 is 5.91 Å². The Labute approximate surface area is 101 Å². The number of amides is 1. The van der Waals surface area contributed by atoms with Crippen LogP contribution in [0.3, 0.4) is 0 Å². The highest BCUT2D eigenvalue weighted by Gasteiger charge is 2.39. The third-order valence-corrected chi connectivity index (χ3v) is 2.80. The fourth-order valence-electron chi connectivity index (χ4n) is 1.82. The number of rotatable bonds is 3. The van der Waals surface area contributed by atoms with Crippen molar-refractivity contribution < 1.29 is 14.6 Å². The lowest BCUT2D eigenvalue weighted by Gasteiger charge is -2.43. The molecule has 4 nitrogen and oxygen atoms in total. The van der Waals surface area contributed by atoms with E-state index < -0.39 is 5.60 Å². The zero-order valence-electron chi connectivity index (χ0n) is 10.1. The summed E-state index contributed by atoms with van der Waals surface area (Å²) in [6.07, 6.45) is 0. The lowest BCUT2D eigenvalue weighted by molar-refractivity contribution is -0.154. The minimum absolute atomic E-state index is 0.0269. The van der Waals surface area contributed by atoms with Crippen molar-refractivity contribution in [3.8, 4) is 5.75 Å². The molecule has 2 rings (SSSR count). The largest absolute Gasteiger partial charge is 0.484 e. The first kappa shape index (κ1) is 11.9. The molecule has 0 saturated carbocycles. The van der Waals surface area contributed by atoms with Crippen LogP contribution in [0, 0.1) is 6.92 Å². The standard InChI is InChI=1S/C13H17NO3/c1-10-3-5-11(6-4-10)17-7-12(15)14-8-13(2,16)9-14/h3-6,16H,7-9H2,1-2H3. The van der Waals surface area contributed by atoms with E-state index in [1.807, 2.05) is 31.2 Å². The van der Waals surface area contributed by atoms with Gasteiger partial charge >= 0.3 is 0 Å². The van der Waals surface area contributed by atoms with Crippen LogP contribution in [0.4, 0.5) is 0 Å². The number of aliphatic hydroxyl groups is 1. The Hall–Kier alpha value is -1.55. The Bertz CT molecular complexity index is 403. The van der Waals surface area contributed by atoms with Gasteiger partial charge in [0, 0.05) is 0 Å². The summed E-state index contributed by atoms with van der Waals surface area (Å²) in [5.74, 6) is 0.605. The summed E-state index contributed by atoms with van der Waals surface area (Å²) in [5, 5.41) is 9.51. The van der Waals surface area contributed by atoms with Gasteiger partial charge in [0.1, 0.15) is 5.75 Å². The predicted molar refractivity (Wildman–Crippen MR) is 63.9 cm³/mol. The van der Waals surface area contributed by atoms with E-state index in [9.17, 15) is 9.90 Å². The second kappa shape index (κ2) is 4.37. The number of hydrogen-bond acceptors (Lipinski definition) is 3. The van der Waals surface area contributed by atoms with Gasteiger partial charge in [-0.15, -0.1) is 0 Å². The lowest BCUT2D eigenvalue weighted by atomic mass is 9.97. The Balaban J connectivity index is 1.79. The normalized spacial score (nSPS) is 17.5. The first-order valence-electron chi connectivity index (χ1n) is 5.66. The minimum atomic E-state index is -0.723. The van der Waals surface area contributed by atoms with Crippen LogP contribution < -0.4 is 4.74 Å². The molecule has 0 spiro atoms. The fourth-order valence-corrected chi connectivity index (χ4v) is 1.82. The van der Waals surface area contributed by atoms with E-state index >= 15 is 0 Å². The molecule has 1 aromatic rings. The molecule has 0 unspecified atom stereocenters. The Morgan fingerprint density at radius 2 is 2.00 bits per heavy atom. The van der Waals surface area contributed by atoms with Gasteiger partial charge in [0.25, 0.3) is 5.91 Å². The highest BCUT2D eigenvalue weighted by molar-refractivity contribution is 5.78. The minimum Gasteiger partial charge on any atom is -0.484 e. The molecule has 1 heterocycles. The Morgan fingerprint density at radius 3 is 2.53 bits per heavy atom. The summed E-state index contributed by atoms with van der Waals surface area (Å²) >= 11 is 0. The SMILES string of the molecule is Cc1ccc(OCC(=O)N2CC(C)(O)C2)cc1. The van der Waals surface area contributed by atoms with Crippen molar-refractivity contribution in [3.63, 3.8) is 0 Å². The molecule has 92 valence electrons. The van der Waals surface area contributed by atoms with Crippen LogP contribution in [0.2, 0.25) is 0 Å². The van der Waals surface area contributed by atoms with E-state index in [2.05, 4.69) is 0 Å². The average Bonchev–Trinajstić information content (AvgIpc) is 2.24. The smallest absolute Gasteiger partial charge is 0.260 e. The van der Waals surface area contributed by atoms with Crippen molar-refractivity contribution in [2.45, 2.75) is 19.4 Å². The lowest BCUT2D eigenvalue weighted by Crippen LogP contribution is -2.62. The van der Waals surface area contributed by atoms with Crippen LogP contribution in [0.15, 0.2) is 24.3 Å². The number of carbonyl (C=O) groups is 1. The van der Waals surface area contributed by atoms with E-state index in [0.717, 1.165) is 5.56 Å². The molecule has 0 aliphatic carbocycles. The van der Waals surface area contributed by atoms with Crippen LogP contribution >= 0.6 is 0 Å². The number of hydrogen-bond donors (Lipinski definition) is 1. The number of benzene rings is 1. The number of likely N-dealkylation sites (tertiary alicyclic amines) is 1. The van der Waals surface area contributed by atoms with Gasteiger partial charge < -0.3 is 14.7 Å². The van der Waals surface area contributed by atoms with Crippen LogP contribution in [-0.4, -0.2) is 41.2 Å². The number of aryl methyl sites for hydroxylation is 1. The number of nitrogens with zero attached hydrogens (tertiary/aromatic N) is 1. The summed E-state index contributed by atoms with van der Waals surface area (Å²) in [7, 11) is 0. The van der Waals surface area contributed by atoms with E-state index in [0.29, 0.717) is 18.8 Å². The maximum absolute atomic E-state index is 11.6. The number of β-amino-alcohol motifs (C(OH)–C–C–N with tert-alkyl or cyclic N) is 1. The fraction of sp³-hybridized carbons (Fsp3) is 0.462. The zero-order valence-corrected chi connectivity index (χ0v) is 10.1. The van der Waals surface area contributed by atoms with Gasteiger partial charge in [-0.2, -0.15) is 0 Å². The van der Waals surface area contributed by atoms with Crippen LogP contribution in [0.25, 0.3) is 0 Å². The van der Waals surface area contributed by atoms with Crippen molar-refractivity contribution in [2.24, 2.45) is 0 Å². The molecule has 1 amide bonds. The monoisotopic (exact) mass is 235 g/mol. The zero-order chi connectivity index (χ0) is 12.5. The number of ether oxygens (including phenoxy) is 1. The summed E-state index contributed by atoms with van der Waals surface area (Å²) in [6.45, 7) is 4.53. The van der Waals surface area contributed by atoms with Gasteiger partial charge in [-0.25, -0.2) is 0 Å². The van der Waals surface area contributed by atoms with E-state index in [4.69, 9.17) is 4.74 Å². The molecule has 1 fully saturated rings. The quantitative estimate of drug-likeness (QED) is 0.849. The van der Waals surface area contributed by atoms with Gasteiger partial charge in [-0.1, -0.05) is 17.7 Å². The Morgan fingerprint density at radius 1 is 1.41 bits per heavy atom. The second-order valence-corrected chi connectivity index (χ2v) is 4.85. The van der Waals surface area contributed by atoms with Gasteiger partial charge in [-0.3, -0.25) is 4.79 Å². The average molecular weight is 235 g/mol.